The highest BCUT2D eigenvalue weighted by Crippen LogP contribution is 2.38. The lowest BCUT2D eigenvalue weighted by Crippen LogP contribution is -2.60. The summed E-state index contributed by atoms with van der Waals surface area (Å²) in [5.41, 5.74) is 3.03. The predicted octanol–water partition coefficient (Wildman–Crippen LogP) is 3.67. The van der Waals surface area contributed by atoms with Gasteiger partial charge in [0.25, 0.3) is 0 Å². The number of hydrogen-bond acceptors (Lipinski definition) is 2. The van der Waals surface area contributed by atoms with Gasteiger partial charge in [-0.25, -0.2) is 4.79 Å². The van der Waals surface area contributed by atoms with Gasteiger partial charge in [0.15, 0.2) is 0 Å². The monoisotopic (exact) mass is 323 g/mol. The standard InChI is InChI=1S/C20H25N3O/c1-20(2)15-22(3)17-11-7-8-12-18(17)23(20)19(24)21-14-13-16-9-5-4-6-10-16/h4-12H,13-15H2,1-3H3,(H,21,24). The summed E-state index contributed by atoms with van der Waals surface area (Å²) in [5, 5.41) is 3.08. The molecule has 1 aliphatic rings. The minimum Gasteiger partial charge on any atom is -0.371 e. The number of fused-ring (bicyclic) bond motifs is 1. The second-order valence-corrected chi connectivity index (χ2v) is 6.96. The summed E-state index contributed by atoms with van der Waals surface area (Å²) in [6.45, 7) is 5.65. The van der Waals surface area contributed by atoms with Crippen LogP contribution in [0.25, 0.3) is 0 Å². The van der Waals surface area contributed by atoms with Crippen LogP contribution in [-0.2, 0) is 6.42 Å². The molecule has 24 heavy (non-hydrogen) atoms. The third-order valence-corrected chi connectivity index (χ3v) is 4.50. The highest BCUT2D eigenvalue weighted by atomic mass is 16.2. The molecule has 0 bridgehead atoms. The molecule has 1 aliphatic heterocycles. The van der Waals surface area contributed by atoms with Crippen molar-refractivity contribution in [3.8, 4) is 0 Å². The Balaban J connectivity index is 1.74. The number of carbonyl (C=O) groups is 1. The lowest BCUT2D eigenvalue weighted by molar-refractivity contribution is 0.239. The van der Waals surface area contributed by atoms with E-state index in [-0.39, 0.29) is 11.6 Å². The molecule has 0 saturated heterocycles. The number of carbonyl (C=O) groups excluding carboxylic acids is 1. The zero-order valence-corrected chi connectivity index (χ0v) is 14.6. The summed E-state index contributed by atoms with van der Waals surface area (Å²) in [7, 11) is 2.07. The highest BCUT2D eigenvalue weighted by molar-refractivity contribution is 5.98. The first-order chi connectivity index (χ1) is 11.5. The zero-order valence-electron chi connectivity index (χ0n) is 14.6. The summed E-state index contributed by atoms with van der Waals surface area (Å²) in [6.07, 6.45) is 0.836. The Hall–Kier alpha value is -2.49. The van der Waals surface area contributed by atoms with Gasteiger partial charge in [-0.3, -0.25) is 4.90 Å². The van der Waals surface area contributed by atoms with Crippen molar-refractivity contribution in [1.29, 1.82) is 0 Å². The second kappa shape index (κ2) is 6.56. The van der Waals surface area contributed by atoms with E-state index < -0.39 is 0 Å². The quantitative estimate of drug-likeness (QED) is 0.935. The minimum absolute atomic E-state index is 0.0310. The van der Waals surface area contributed by atoms with E-state index in [0.717, 1.165) is 24.3 Å². The summed E-state index contributed by atoms with van der Waals surface area (Å²) < 4.78 is 0. The Morgan fingerprint density at radius 2 is 1.67 bits per heavy atom. The van der Waals surface area contributed by atoms with Crippen molar-refractivity contribution < 1.29 is 4.79 Å². The van der Waals surface area contributed by atoms with Gasteiger partial charge in [-0.05, 0) is 38.0 Å². The molecule has 1 N–H and O–H groups in total. The molecule has 0 aliphatic carbocycles. The SMILES string of the molecule is CN1CC(C)(C)N(C(=O)NCCc2ccccc2)c2ccccc21. The van der Waals surface area contributed by atoms with Gasteiger partial charge in [0, 0.05) is 20.1 Å². The molecular formula is C20H25N3O. The Bertz CT molecular complexity index is 712. The second-order valence-electron chi connectivity index (χ2n) is 6.96. The van der Waals surface area contributed by atoms with Crippen molar-refractivity contribution in [2.75, 3.05) is 29.9 Å². The molecule has 2 aromatic rings. The number of anilines is 2. The number of amides is 2. The molecule has 0 fully saturated rings. The van der Waals surface area contributed by atoms with Gasteiger partial charge >= 0.3 is 6.03 Å². The third kappa shape index (κ3) is 3.23. The predicted molar refractivity (Wildman–Crippen MR) is 99.8 cm³/mol. The average Bonchev–Trinajstić information content (AvgIpc) is 2.55. The number of nitrogens with zero attached hydrogens (tertiary/aromatic N) is 2. The van der Waals surface area contributed by atoms with Crippen LogP contribution in [0.5, 0.6) is 0 Å². The van der Waals surface area contributed by atoms with E-state index in [2.05, 4.69) is 49.3 Å². The molecule has 126 valence electrons. The Kier molecular flexibility index (Phi) is 4.47. The fourth-order valence-corrected chi connectivity index (χ4v) is 3.46. The maximum absolute atomic E-state index is 12.9. The van der Waals surface area contributed by atoms with Crippen LogP contribution in [0.3, 0.4) is 0 Å². The van der Waals surface area contributed by atoms with E-state index in [1.54, 1.807) is 0 Å². The topological polar surface area (TPSA) is 35.6 Å². The molecular weight excluding hydrogens is 298 g/mol. The number of urea groups is 1. The maximum Gasteiger partial charge on any atom is 0.322 e. The fraction of sp³-hybridized carbons (Fsp3) is 0.350. The third-order valence-electron chi connectivity index (χ3n) is 4.50. The summed E-state index contributed by atoms with van der Waals surface area (Å²) in [5.74, 6) is 0. The zero-order chi connectivity index (χ0) is 17.2. The van der Waals surface area contributed by atoms with Crippen LogP contribution in [0.2, 0.25) is 0 Å². The normalized spacial score (nSPS) is 15.8. The first-order valence-corrected chi connectivity index (χ1v) is 8.41. The number of likely N-dealkylation sites (N-methyl/N-ethyl adjacent to an activating group) is 1. The van der Waals surface area contributed by atoms with Crippen molar-refractivity contribution in [2.24, 2.45) is 0 Å². The number of hydrogen-bond donors (Lipinski definition) is 1. The Morgan fingerprint density at radius 1 is 1.04 bits per heavy atom. The van der Waals surface area contributed by atoms with Gasteiger partial charge in [0.2, 0.25) is 0 Å². The lowest BCUT2D eigenvalue weighted by atomic mass is 9.96. The first-order valence-electron chi connectivity index (χ1n) is 8.41. The molecule has 0 radical (unpaired) electrons. The summed E-state index contributed by atoms with van der Waals surface area (Å²) in [6, 6.07) is 18.3. The first kappa shape index (κ1) is 16.4. The van der Waals surface area contributed by atoms with E-state index >= 15 is 0 Å². The molecule has 3 rings (SSSR count). The van der Waals surface area contributed by atoms with Crippen LogP contribution in [0, 0.1) is 0 Å². The van der Waals surface area contributed by atoms with Crippen molar-refractivity contribution in [1.82, 2.24) is 5.32 Å². The van der Waals surface area contributed by atoms with E-state index in [9.17, 15) is 4.79 Å². The van der Waals surface area contributed by atoms with Gasteiger partial charge < -0.3 is 10.2 Å². The Morgan fingerprint density at radius 3 is 2.38 bits per heavy atom. The van der Waals surface area contributed by atoms with Crippen molar-refractivity contribution >= 4 is 17.4 Å². The fourth-order valence-electron chi connectivity index (χ4n) is 3.46. The minimum atomic E-state index is -0.264. The molecule has 2 amide bonds. The van der Waals surface area contributed by atoms with E-state index in [1.165, 1.54) is 5.56 Å². The van der Waals surface area contributed by atoms with Gasteiger partial charge in [-0.2, -0.15) is 0 Å². The molecule has 0 aromatic heterocycles. The molecule has 0 saturated carbocycles. The molecule has 0 spiro atoms. The number of rotatable bonds is 3. The highest BCUT2D eigenvalue weighted by Gasteiger charge is 2.38. The van der Waals surface area contributed by atoms with E-state index in [1.807, 2.05) is 41.3 Å². The van der Waals surface area contributed by atoms with Gasteiger partial charge in [-0.1, -0.05) is 42.5 Å². The number of para-hydroxylation sites is 2. The van der Waals surface area contributed by atoms with Crippen LogP contribution in [0.15, 0.2) is 54.6 Å². The molecule has 0 atom stereocenters. The number of benzene rings is 2. The largest absolute Gasteiger partial charge is 0.371 e. The number of nitrogens with one attached hydrogen (secondary N) is 1. The average molecular weight is 323 g/mol. The van der Waals surface area contributed by atoms with Crippen LogP contribution in [-0.4, -0.2) is 31.7 Å². The van der Waals surface area contributed by atoms with Crippen LogP contribution in [0.1, 0.15) is 19.4 Å². The van der Waals surface area contributed by atoms with Crippen molar-refractivity contribution in [3.63, 3.8) is 0 Å². The Labute approximate surface area is 144 Å². The smallest absolute Gasteiger partial charge is 0.322 e. The molecule has 0 unspecified atom stereocenters. The maximum atomic E-state index is 12.9. The van der Waals surface area contributed by atoms with Crippen LogP contribution in [0.4, 0.5) is 16.2 Å². The molecule has 4 heteroatoms. The van der Waals surface area contributed by atoms with Crippen molar-refractivity contribution in [2.45, 2.75) is 25.8 Å². The summed E-state index contributed by atoms with van der Waals surface area (Å²) >= 11 is 0. The van der Waals surface area contributed by atoms with Gasteiger partial charge in [0.05, 0.1) is 16.9 Å². The van der Waals surface area contributed by atoms with Crippen LogP contribution < -0.4 is 15.1 Å². The van der Waals surface area contributed by atoms with Gasteiger partial charge in [0.1, 0.15) is 0 Å². The van der Waals surface area contributed by atoms with E-state index in [0.29, 0.717) is 6.54 Å². The molecule has 1 heterocycles. The van der Waals surface area contributed by atoms with Gasteiger partial charge in [-0.15, -0.1) is 0 Å². The van der Waals surface area contributed by atoms with Crippen LogP contribution >= 0.6 is 0 Å². The molecule has 2 aromatic carbocycles. The van der Waals surface area contributed by atoms with E-state index in [4.69, 9.17) is 0 Å². The van der Waals surface area contributed by atoms with Crippen molar-refractivity contribution in [3.05, 3.63) is 60.2 Å². The summed E-state index contributed by atoms with van der Waals surface area (Å²) in [4.78, 5) is 17.0. The lowest BCUT2D eigenvalue weighted by Gasteiger charge is -2.47. The molecule has 4 nitrogen and oxygen atoms in total.